The summed E-state index contributed by atoms with van der Waals surface area (Å²) in [6.45, 7) is 2.32. The van der Waals surface area contributed by atoms with Gasteiger partial charge in [-0.1, -0.05) is 12.1 Å². The normalized spacial score (nSPS) is 11.5. The number of benzene rings is 3. The van der Waals surface area contributed by atoms with E-state index in [0.717, 1.165) is 12.1 Å². The predicted molar refractivity (Wildman–Crippen MR) is 119 cm³/mol. The first-order valence-electron chi connectivity index (χ1n) is 9.24. The van der Waals surface area contributed by atoms with Gasteiger partial charge in [0.15, 0.2) is 4.90 Å². The van der Waals surface area contributed by atoms with E-state index in [9.17, 15) is 26.9 Å². The molecule has 3 rings (SSSR count). The van der Waals surface area contributed by atoms with Gasteiger partial charge in [0.1, 0.15) is 5.75 Å². The number of sulfonamides is 2. The van der Waals surface area contributed by atoms with E-state index < -0.39 is 35.6 Å². The van der Waals surface area contributed by atoms with Crippen LogP contribution in [-0.4, -0.2) is 28.4 Å². The Hall–Kier alpha value is -3.64. The lowest BCUT2D eigenvalue weighted by atomic mass is 10.3. The van der Waals surface area contributed by atoms with Crippen molar-refractivity contribution in [2.75, 3.05) is 16.1 Å². The lowest BCUT2D eigenvalue weighted by molar-refractivity contribution is -0.387. The van der Waals surface area contributed by atoms with E-state index in [4.69, 9.17) is 4.74 Å². The van der Waals surface area contributed by atoms with Crippen LogP contribution in [0.25, 0.3) is 0 Å². The fraction of sp³-hybridized carbons (Fsp3) is 0.100. The van der Waals surface area contributed by atoms with Crippen molar-refractivity contribution < 1.29 is 26.5 Å². The lowest BCUT2D eigenvalue weighted by Gasteiger charge is -2.11. The van der Waals surface area contributed by atoms with Gasteiger partial charge >= 0.3 is 0 Å². The number of hydrogen-bond donors (Lipinski definition) is 2. The van der Waals surface area contributed by atoms with Gasteiger partial charge in [-0.3, -0.25) is 19.6 Å². The third-order valence-electron chi connectivity index (χ3n) is 4.19. The third kappa shape index (κ3) is 5.34. The maximum absolute atomic E-state index is 12.6. The second-order valence-corrected chi connectivity index (χ2v) is 9.75. The van der Waals surface area contributed by atoms with Crippen LogP contribution >= 0.6 is 0 Å². The standard InChI is InChI=1S/C20H19N3O7S2/c1-2-30-17-11-7-15(8-12-17)21-31(26,27)18-13-9-16(10-14-18)22-32(28,29)20-6-4-3-5-19(20)23(24)25/h3-14,21-22H,2H2,1H3. The van der Waals surface area contributed by atoms with Crippen LogP contribution in [0.15, 0.2) is 82.6 Å². The number of para-hydroxylation sites is 1. The van der Waals surface area contributed by atoms with Crippen molar-refractivity contribution in [3.05, 3.63) is 82.9 Å². The number of nitrogens with one attached hydrogen (secondary N) is 2. The van der Waals surface area contributed by atoms with Crippen LogP contribution in [0.1, 0.15) is 6.92 Å². The Bertz CT molecular complexity index is 1320. The molecule has 0 spiro atoms. The molecule has 0 aliphatic heterocycles. The van der Waals surface area contributed by atoms with Gasteiger partial charge in [0.25, 0.3) is 25.7 Å². The molecule has 3 aromatic carbocycles. The minimum atomic E-state index is -4.26. The monoisotopic (exact) mass is 477 g/mol. The molecule has 0 fully saturated rings. The SMILES string of the molecule is CCOc1ccc(NS(=O)(=O)c2ccc(NS(=O)(=O)c3ccccc3[N+](=O)[O-])cc2)cc1. The number of hydrogen-bond acceptors (Lipinski definition) is 7. The van der Waals surface area contributed by atoms with Crippen LogP contribution in [0.5, 0.6) is 5.75 Å². The van der Waals surface area contributed by atoms with Gasteiger partial charge in [0, 0.05) is 17.4 Å². The van der Waals surface area contributed by atoms with Crippen molar-refractivity contribution in [2.24, 2.45) is 0 Å². The Morgan fingerprint density at radius 2 is 1.34 bits per heavy atom. The quantitative estimate of drug-likeness (QED) is 0.354. The van der Waals surface area contributed by atoms with E-state index in [1.54, 1.807) is 24.3 Å². The first-order valence-corrected chi connectivity index (χ1v) is 12.2. The molecule has 0 saturated carbocycles. The van der Waals surface area contributed by atoms with Crippen molar-refractivity contribution in [1.82, 2.24) is 0 Å². The molecular weight excluding hydrogens is 458 g/mol. The van der Waals surface area contributed by atoms with Crippen molar-refractivity contribution in [2.45, 2.75) is 16.7 Å². The average molecular weight is 478 g/mol. The van der Waals surface area contributed by atoms with Crippen LogP contribution in [0.4, 0.5) is 17.1 Å². The summed E-state index contributed by atoms with van der Waals surface area (Å²) in [4.78, 5) is 9.72. The molecule has 3 aromatic rings. The Kier molecular flexibility index (Phi) is 6.65. The third-order valence-corrected chi connectivity index (χ3v) is 7.01. The van der Waals surface area contributed by atoms with Crippen LogP contribution in [0.2, 0.25) is 0 Å². The van der Waals surface area contributed by atoms with Crippen molar-refractivity contribution >= 4 is 37.1 Å². The van der Waals surface area contributed by atoms with E-state index in [2.05, 4.69) is 9.44 Å². The average Bonchev–Trinajstić information content (AvgIpc) is 2.75. The molecule has 0 heterocycles. The summed E-state index contributed by atoms with van der Waals surface area (Å²) in [5, 5.41) is 11.1. The Morgan fingerprint density at radius 1 is 0.812 bits per heavy atom. The molecule has 0 amide bonds. The van der Waals surface area contributed by atoms with Gasteiger partial charge in [-0.2, -0.15) is 0 Å². The highest BCUT2D eigenvalue weighted by molar-refractivity contribution is 7.93. The number of ether oxygens (including phenoxy) is 1. The molecule has 0 aliphatic rings. The van der Waals surface area contributed by atoms with Gasteiger partial charge in [-0.05, 0) is 61.5 Å². The van der Waals surface area contributed by atoms with E-state index in [-0.39, 0.29) is 10.6 Å². The topological polar surface area (TPSA) is 145 Å². The van der Waals surface area contributed by atoms with E-state index in [1.165, 1.54) is 36.4 Å². The largest absolute Gasteiger partial charge is 0.494 e. The summed E-state index contributed by atoms with van der Waals surface area (Å²) in [6, 6.07) is 16.2. The number of nitrogens with zero attached hydrogens (tertiary/aromatic N) is 1. The smallest absolute Gasteiger partial charge is 0.289 e. The maximum atomic E-state index is 12.6. The summed E-state index contributed by atoms with van der Waals surface area (Å²) in [5.41, 5.74) is -0.198. The molecular formula is C20H19N3O7S2. The molecule has 12 heteroatoms. The minimum Gasteiger partial charge on any atom is -0.494 e. The molecule has 0 bridgehead atoms. The summed E-state index contributed by atoms with van der Waals surface area (Å²) in [7, 11) is -8.19. The lowest BCUT2D eigenvalue weighted by Crippen LogP contribution is -2.15. The molecule has 0 atom stereocenters. The second-order valence-electron chi connectivity index (χ2n) is 6.42. The zero-order valence-corrected chi connectivity index (χ0v) is 18.4. The Morgan fingerprint density at radius 3 is 1.91 bits per heavy atom. The second kappa shape index (κ2) is 9.24. The van der Waals surface area contributed by atoms with Crippen LogP contribution in [0.3, 0.4) is 0 Å². The number of nitro benzene ring substituents is 1. The van der Waals surface area contributed by atoms with E-state index in [1.807, 2.05) is 6.92 Å². The van der Waals surface area contributed by atoms with E-state index in [0.29, 0.717) is 18.0 Å². The van der Waals surface area contributed by atoms with Crippen molar-refractivity contribution in [1.29, 1.82) is 0 Å². The summed E-state index contributed by atoms with van der Waals surface area (Å²) in [5.74, 6) is 0.603. The van der Waals surface area contributed by atoms with Crippen molar-refractivity contribution in [3.63, 3.8) is 0 Å². The van der Waals surface area contributed by atoms with Gasteiger partial charge in [0.05, 0.1) is 16.4 Å². The first-order chi connectivity index (χ1) is 15.1. The molecule has 0 aromatic heterocycles. The molecule has 32 heavy (non-hydrogen) atoms. The zero-order chi connectivity index (χ0) is 23.4. The molecule has 168 valence electrons. The van der Waals surface area contributed by atoms with Gasteiger partial charge in [-0.25, -0.2) is 16.8 Å². The van der Waals surface area contributed by atoms with E-state index >= 15 is 0 Å². The molecule has 0 radical (unpaired) electrons. The van der Waals surface area contributed by atoms with Crippen LogP contribution in [0, 0.1) is 10.1 Å². The Balaban J connectivity index is 1.77. The number of rotatable bonds is 9. The maximum Gasteiger partial charge on any atom is 0.289 e. The summed E-state index contributed by atoms with van der Waals surface area (Å²) in [6.07, 6.45) is 0. The zero-order valence-electron chi connectivity index (χ0n) is 16.8. The van der Waals surface area contributed by atoms with Crippen molar-refractivity contribution in [3.8, 4) is 5.75 Å². The highest BCUT2D eigenvalue weighted by Crippen LogP contribution is 2.26. The summed E-state index contributed by atoms with van der Waals surface area (Å²) < 4.78 is 60.3. The molecule has 0 aliphatic carbocycles. The van der Waals surface area contributed by atoms with Crippen LogP contribution in [-0.2, 0) is 20.0 Å². The number of anilines is 2. The first kappa shape index (κ1) is 23.0. The fourth-order valence-corrected chi connectivity index (χ4v) is 5.04. The molecule has 10 nitrogen and oxygen atoms in total. The molecule has 0 saturated heterocycles. The predicted octanol–water partition coefficient (Wildman–Crippen LogP) is 3.60. The minimum absolute atomic E-state index is 0.0446. The molecule has 2 N–H and O–H groups in total. The van der Waals surface area contributed by atoms with Gasteiger partial charge in [-0.15, -0.1) is 0 Å². The Labute approximate surface area is 185 Å². The highest BCUT2D eigenvalue weighted by Gasteiger charge is 2.25. The fourth-order valence-electron chi connectivity index (χ4n) is 2.75. The summed E-state index contributed by atoms with van der Waals surface area (Å²) >= 11 is 0. The van der Waals surface area contributed by atoms with Gasteiger partial charge in [0.2, 0.25) is 0 Å². The number of nitro groups is 1. The molecule has 0 unspecified atom stereocenters. The highest BCUT2D eigenvalue weighted by atomic mass is 32.2. The van der Waals surface area contributed by atoms with Gasteiger partial charge < -0.3 is 4.74 Å². The van der Waals surface area contributed by atoms with Crippen LogP contribution < -0.4 is 14.2 Å².